The molecule has 0 aromatic carbocycles. The van der Waals surface area contributed by atoms with Gasteiger partial charge in [0.2, 0.25) is 5.95 Å². The van der Waals surface area contributed by atoms with Crippen LogP contribution in [0.2, 0.25) is 0 Å². The van der Waals surface area contributed by atoms with E-state index in [2.05, 4.69) is 30.0 Å². The molecule has 0 bridgehead atoms. The Kier molecular flexibility index (Phi) is 37.9. The Hall–Kier alpha value is -0.426. The molecule has 12 unspecified atom stereocenters. The number of anilines is 1. The van der Waals surface area contributed by atoms with Gasteiger partial charge in [-0.2, -0.15) is 9.97 Å². The molecule has 12 atom stereocenters. The van der Waals surface area contributed by atoms with Crippen LogP contribution in [0, 0.1) is 11.8 Å². The number of rotatable bonds is 29. The molecular weight excluding hydrogens is 955 g/mol. The Labute approximate surface area is 388 Å². The van der Waals surface area contributed by atoms with E-state index in [-0.39, 0.29) is 153 Å². The van der Waals surface area contributed by atoms with Crippen LogP contribution in [0.25, 0.3) is 0 Å². The van der Waals surface area contributed by atoms with Crippen molar-refractivity contribution < 1.29 is 140 Å². The second-order valence-corrected chi connectivity index (χ2v) is 15.7. The molecule has 29 heteroatoms. The third-order valence-electron chi connectivity index (χ3n) is 8.48. The molecule has 26 nitrogen and oxygen atoms in total. The summed E-state index contributed by atoms with van der Waals surface area (Å²) in [6, 6.07) is 0. The molecule has 367 valence electrons. The smallest absolute Gasteiger partial charge is 0.327 e. The topological polar surface area (TPSA) is 368 Å². The molecule has 10 N–H and O–H groups in total. The van der Waals surface area contributed by atoms with E-state index in [0.29, 0.717) is 0 Å². The maximum atomic E-state index is 11.9. The molecule has 1 aromatic rings. The van der Waals surface area contributed by atoms with Crippen LogP contribution in [-0.4, -0.2) is 203 Å². The van der Waals surface area contributed by atoms with Crippen molar-refractivity contribution in [2.45, 2.75) is 91.8 Å². The van der Waals surface area contributed by atoms with Gasteiger partial charge in [0.05, 0.1) is 97.1 Å². The summed E-state index contributed by atoms with van der Waals surface area (Å²) in [6.45, 7) is -2.94. The quantitative estimate of drug-likeness (QED) is 0.0156. The average molecular weight is 1030 g/mol. The number of nitrogens with one attached hydrogen (secondary N) is 1. The first-order chi connectivity index (χ1) is 27.4. The van der Waals surface area contributed by atoms with Gasteiger partial charge in [0, 0.05) is 51.2 Å². The maximum absolute atomic E-state index is 11.9. The second kappa shape index (κ2) is 35.7. The van der Waals surface area contributed by atoms with Crippen LogP contribution < -0.4 is 5.32 Å². The molecule has 0 saturated carbocycles. The summed E-state index contributed by atoms with van der Waals surface area (Å²) in [5.74, 6) is -1.82. The van der Waals surface area contributed by atoms with Crippen LogP contribution in [0.1, 0.15) is 41.4 Å². The van der Waals surface area contributed by atoms with E-state index < -0.39 is 103 Å². The van der Waals surface area contributed by atoms with Gasteiger partial charge in [-0.3, -0.25) is 19.6 Å². The van der Waals surface area contributed by atoms with Crippen molar-refractivity contribution in [3.8, 4) is 0 Å². The molecule has 3 heterocycles. The fourth-order valence-corrected chi connectivity index (χ4v) is 7.12. The van der Waals surface area contributed by atoms with Crippen molar-refractivity contribution >= 4 is 21.8 Å². The molecule has 0 spiro atoms. The molecule has 1 aromatic heterocycles. The minimum Gasteiger partial charge on any atom is -0.394 e. The standard InChI is InChI=1S/C29H54N4O22P2.4CH4.Y/c1-57(44,52-3-2-34)53-7-6-51-56(43)50-5-4-45-16-30-29-32-23(9-36)31-24(33-29)15-47-12-20-18(11-48-41)26(38)27(39)21(55-20)13-46-10-17-19(8-35)54-22(14-49-42)28(40)25(17)37;;;;;/h17-22,25-28,34-42,56H,2-16H2,1H3,(H,30,31,32,33);4*1H4;. The molecule has 2 aliphatic heterocycles. The van der Waals surface area contributed by atoms with Crippen LogP contribution in [0.4, 0.5) is 5.95 Å². The van der Waals surface area contributed by atoms with Crippen LogP contribution in [0.15, 0.2) is 0 Å². The Balaban J connectivity index is -0.00000696. The Morgan fingerprint density at radius 3 is 1.81 bits per heavy atom. The van der Waals surface area contributed by atoms with Gasteiger partial charge in [-0.15, -0.1) is 0 Å². The minimum absolute atomic E-state index is 0. The summed E-state index contributed by atoms with van der Waals surface area (Å²) >= 11 is 0. The molecule has 2 fully saturated rings. The van der Waals surface area contributed by atoms with E-state index >= 15 is 0 Å². The Morgan fingerprint density at radius 1 is 0.661 bits per heavy atom. The van der Waals surface area contributed by atoms with Gasteiger partial charge >= 0.3 is 15.9 Å². The van der Waals surface area contributed by atoms with Crippen LogP contribution in [0.3, 0.4) is 0 Å². The zero-order valence-electron chi connectivity index (χ0n) is 31.6. The SMILES string of the molecule is C.C.C.C.CP(=O)(OCCO)OCCO[PH](=O)OCCOCNc1nc(CO)nc(COCC2OC(COCC3C(CO)OC(COO)C(O)C3O)C(O)C(O)C2COO)n1.[Y]. The number of ether oxygens (including phenoxy) is 5. The van der Waals surface area contributed by atoms with E-state index in [1.807, 2.05) is 0 Å². The number of hydrogen-bond acceptors (Lipinski definition) is 26. The van der Waals surface area contributed by atoms with Crippen LogP contribution in [-0.2, 0) is 107 Å². The first-order valence-corrected chi connectivity index (χ1v) is 20.8. The summed E-state index contributed by atoms with van der Waals surface area (Å²) in [7, 11) is -6.27. The fraction of sp³-hybridized carbons (Fsp3) is 0.909. The number of hydrogen-bond donors (Lipinski definition) is 10. The third kappa shape index (κ3) is 22.4. The molecule has 1 radical (unpaired) electrons. The van der Waals surface area contributed by atoms with Gasteiger partial charge in [0.15, 0.2) is 11.6 Å². The summed E-state index contributed by atoms with van der Waals surface area (Å²) in [4.78, 5) is 20.6. The van der Waals surface area contributed by atoms with E-state index in [9.17, 15) is 39.8 Å². The summed E-state index contributed by atoms with van der Waals surface area (Å²) in [5.41, 5.74) is 0. The first kappa shape index (κ1) is 65.9. The summed E-state index contributed by atoms with van der Waals surface area (Å²) in [6.07, 6.45) is -10.1. The van der Waals surface area contributed by atoms with Gasteiger partial charge in [-0.05, 0) is 0 Å². The zero-order chi connectivity index (χ0) is 41.8. The van der Waals surface area contributed by atoms with Crippen molar-refractivity contribution in [3.63, 3.8) is 0 Å². The maximum Gasteiger partial charge on any atom is 0.327 e. The minimum atomic E-state index is -3.37. The Bertz CT molecular complexity index is 1360. The predicted molar refractivity (Wildman–Crippen MR) is 214 cm³/mol. The monoisotopic (exact) mass is 1030 g/mol. The van der Waals surface area contributed by atoms with E-state index in [1.54, 1.807) is 0 Å². The van der Waals surface area contributed by atoms with Crippen LogP contribution in [0.5, 0.6) is 0 Å². The van der Waals surface area contributed by atoms with E-state index in [1.165, 1.54) is 6.66 Å². The first-order valence-electron chi connectivity index (χ1n) is 17.6. The van der Waals surface area contributed by atoms with Crippen LogP contribution >= 0.6 is 15.9 Å². The Morgan fingerprint density at radius 2 is 1.21 bits per heavy atom. The summed E-state index contributed by atoms with van der Waals surface area (Å²) < 4.78 is 71.9. The van der Waals surface area contributed by atoms with Gasteiger partial charge < -0.3 is 82.8 Å². The predicted octanol–water partition coefficient (Wildman–Crippen LogP) is -0.721. The van der Waals surface area contributed by atoms with Crippen molar-refractivity contribution in [1.82, 2.24) is 15.0 Å². The van der Waals surface area contributed by atoms with Crippen molar-refractivity contribution in [3.05, 3.63) is 11.6 Å². The molecule has 0 amide bonds. The normalized spacial score (nSPS) is 27.2. The van der Waals surface area contributed by atoms with E-state index in [4.69, 9.17) is 57.4 Å². The largest absolute Gasteiger partial charge is 0.394 e. The average Bonchev–Trinajstić information content (AvgIpc) is 3.19. The molecule has 0 aliphatic carbocycles. The number of aromatic nitrogens is 3. The molecule has 2 saturated heterocycles. The van der Waals surface area contributed by atoms with Gasteiger partial charge in [0.1, 0.15) is 51.0 Å². The second-order valence-electron chi connectivity index (χ2n) is 12.5. The molecular formula is C33H70N4O22P2Y. The summed E-state index contributed by atoms with van der Waals surface area (Å²) in [5, 5.41) is 91.2. The van der Waals surface area contributed by atoms with Crippen molar-refractivity contribution in [1.29, 1.82) is 0 Å². The van der Waals surface area contributed by atoms with Crippen molar-refractivity contribution in [2.24, 2.45) is 11.8 Å². The number of aliphatic hydroxyl groups excluding tert-OH is 7. The molecule has 3 rings (SSSR count). The molecule has 62 heavy (non-hydrogen) atoms. The van der Waals surface area contributed by atoms with E-state index in [0.717, 1.165) is 0 Å². The number of aliphatic hydroxyl groups is 7. The third-order valence-corrected chi connectivity index (χ3v) is 10.7. The molecule has 2 aliphatic rings. The number of nitrogens with zero attached hydrogens (tertiary/aromatic N) is 3. The van der Waals surface area contributed by atoms with Gasteiger partial charge in [-0.1, -0.05) is 29.7 Å². The fourth-order valence-electron chi connectivity index (χ4n) is 5.64. The zero-order valence-corrected chi connectivity index (χ0v) is 36.3. The van der Waals surface area contributed by atoms with Gasteiger partial charge in [-0.25, -0.2) is 14.8 Å². The van der Waals surface area contributed by atoms with Gasteiger partial charge in [0.25, 0.3) is 0 Å². The van der Waals surface area contributed by atoms with Crippen molar-refractivity contribution in [2.75, 3.05) is 98.0 Å².